The van der Waals surface area contributed by atoms with E-state index in [2.05, 4.69) is 15.9 Å². The Labute approximate surface area is 121 Å². The van der Waals surface area contributed by atoms with Crippen LogP contribution in [-0.2, 0) is 14.3 Å². The summed E-state index contributed by atoms with van der Waals surface area (Å²) < 4.78 is 11.2. The van der Waals surface area contributed by atoms with Gasteiger partial charge in [-0.05, 0) is 44.5 Å². The second-order valence-corrected chi connectivity index (χ2v) is 4.69. The van der Waals surface area contributed by atoms with Crippen LogP contribution < -0.4 is 5.73 Å². The van der Waals surface area contributed by atoms with E-state index in [0.29, 0.717) is 18.9 Å². The first kappa shape index (κ1) is 15.6. The molecule has 1 aromatic carbocycles. The molecule has 0 amide bonds. The van der Waals surface area contributed by atoms with E-state index in [0.717, 1.165) is 15.6 Å². The zero-order valence-corrected chi connectivity index (χ0v) is 12.9. The lowest BCUT2D eigenvalue weighted by atomic mass is 10.1. The smallest absolute Gasteiger partial charge is 0.373 e. The third kappa shape index (κ3) is 3.99. The number of halogens is 1. The zero-order chi connectivity index (χ0) is 14.4. The molecule has 0 saturated carbocycles. The molecular weight excluding hydrogens is 310 g/mol. The summed E-state index contributed by atoms with van der Waals surface area (Å²) >= 11 is 3.44. The molecule has 0 aliphatic carbocycles. The first-order chi connectivity index (χ1) is 9.01. The Hall–Kier alpha value is -1.49. The van der Waals surface area contributed by atoms with Gasteiger partial charge in [0.15, 0.2) is 0 Å². The minimum Gasteiger partial charge on any atom is -0.487 e. The maximum atomic E-state index is 11.8. The van der Waals surface area contributed by atoms with Gasteiger partial charge < -0.3 is 15.2 Å². The average Bonchev–Trinajstić information content (AvgIpc) is 2.38. The number of hydrogen-bond donors (Lipinski definition) is 1. The van der Waals surface area contributed by atoms with Crippen LogP contribution in [0.2, 0.25) is 0 Å². The van der Waals surface area contributed by atoms with Crippen molar-refractivity contribution in [2.45, 2.75) is 20.8 Å². The fraction of sp³-hybridized carbons (Fsp3) is 0.357. The molecule has 5 heteroatoms. The number of carbonyl (C=O) groups is 1. The molecule has 0 radical (unpaired) electrons. The highest BCUT2D eigenvalue weighted by atomic mass is 79.9. The number of nitrogen functional groups attached to an aromatic ring is 1. The van der Waals surface area contributed by atoms with Crippen molar-refractivity contribution >= 4 is 33.7 Å². The van der Waals surface area contributed by atoms with Crippen molar-refractivity contribution < 1.29 is 14.3 Å². The number of esters is 1. The molecule has 0 fully saturated rings. The monoisotopic (exact) mass is 327 g/mol. The molecule has 0 aliphatic heterocycles. The van der Waals surface area contributed by atoms with Crippen LogP contribution in [0.1, 0.15) is 25.0 Å². The van der Waals surface area contributed by atoms with Crippen molar-refractivity contribution in [3.63, 3.8) is 0 Å². The predicted octanol–water partition coefficient (Wildman–Crippen LogP) is 3.28. The van der Waals surface area contributed by atoms with E-state index in [1.807, 2.05) is 19.9 Å². The summed E-state index contributed by atoms with van der Waals surface area (Å²) in [5.41, 5.74) is 8.22. The largest absolute Gasteiger partial charge is 0.487 e. The molecule has 0 saturated heterocycles. The molecule has 4 nitrogen and oxygen atoms in total. The summed E-state index contributed by atoms with van der Waals surface area (Å²) in [6, 6.07) is 3.64. The summed E-state index contributed by atoms with van der Waals surface area (Å²) in [5.74, 6) is -0.319. The summed E-state index contributed by atoms with van der Waals surface area (Å²) in [7, 11) is 0. The fourth-order valence-electron chi connectivity index (χ4n) is 1.56. The van der Waals surface area contributed by atoms with Gasteiger partial charge in [-0.3, -0.25) is 0 Å². The number of benzene rings is 1. The number of hydrogen-bond acceptors (Lipinski definition) is 4. The van der Waals surface area contributed by atoms with E-state index in [-0.39, 0.29) is 5.76 Å². The van der Waals surface area contributed by atoms with Crippen LogP contribution in [0.5, 0.6) is 0 Å². The van der Waals surface area contributed by atoms with Crippen molar-refractivity contribution in [2.75, 3.05) is 18.9 Å². The van der Waals surface area contributed by atoms with Crippen LogP contribution in [0.3, 0.4) is 0 Å². The van der Waals surface area contributed by atoms with Crippen molar-refractivity contribution in [3.05, 3.63) is 33.5 Å². The molecule has 2 N–H and O–H groups in total. The first-order valence-corrected chi connectivity index (χ1v) is 6.86. The molecule has 0 aromatic heterocycles. The molecule has 1 aromatic rings. The van der Waals surface area contributed by atoms with Gasteiger partial charge in [0.05, 0.1) is 13.2 Å². The molecule has 0 unspecified atom stereocenters. The third-order valence-electron chi connectivity index (χ3n) is 2.53. The minimum atomic E-state index is -0.483. The molecule has 0 atom stereocenters. The topological polar surface area (TPSA) is 61.5 Å². The van der Waals surface area contributed by atoms with Crippen LogP contribution in [-0.4, -0.2) is 19.2 Å². The Kier molecular flexibility index (Phi) is 5.89. The normalized spacial score (nSPS) is 11.3. The third-order valence-corrected chi connectivity index (χ3v) is 3.39. The molecule has 0 bridgehead atoms. The van der Waals surface area contributed by atoms with Crippen molar-refractivity contribution in [3.8, 4) is 0 Å². The maximum absolute atomic E-state index is 11.8. The highest BCUT2D eigenvalue weighted by Crippen LogP contribution is 2.27. The molecule has 0 spiro atoms. The van der Waals surface area contributed by atoms with Gasteiger partial charge in [0.1, 0.15) is 0 Å². The van der Waals surface area contributed by atoms with Crippen LogP contribution in [0.25, 0.3) is 6.08 Å². The molecular formula is C14H18BrNO3. The second-order valence-electron chi connectivity index (χ2n) is 3.84. The Morgan fingerprint density at radius 3 is 2.53 bits per heavy atom. The lowest BCUT2D eigenvalue weighted by molar-refractivity contribution is -0.142. The Morgan fingerprint density at radius 1 is 1.32 bits per heavy atom. The fourth-order valence-corrected chi connectivity index (χ4v) is 1.91. The van der Waals surface area contributed by atoms with E-state index < -0.39 is 5.97 Å². The Morgan fingerprint density at radius 2 is 1.95 bits per heavy atom. The SMILES string of the molecule is CCOC(=O)C(=Cc1c(N)ccc(Br)c1C)OCC. The Bertz CT molecular complexity index is 498. The minimum absolute atomic E-state index is 0.164. The second kappa shape index (κ2) is 7.19. The van der Waals surface area contributed by atoms with Crippen LogP contribution in [0.4, 0.5) is 5.69 Å². The molecule has 1 rings (SSSR count). The van der Waals surface area contributed by atoms with Crippen LogP contribution in [0.15, 0.2) is 22.4 Å². The molecule has 104 valence electrons. The first-order valence-electron chi connectivity index (χ1n) is 6.07. The highest BCUT2D eigenvalue weighted by molar-refractivity contribution is 9.10. The van der Waals surface area contributed by atoms with Crippen molar-refractivity contribution in [2.24, 2.45) is 0 Å². The van der Waals surface area contributed by atoms with Crippen molar-refractivity contribution in [1.29, 1.82) is 0 Å². The zero-order valence-electron chi connectivity index (χ0n) is 11.3. The van der Waals surface area contributed by atoms with E-state index in [9.17, 15) is 4.79 Å². The van der Waals surface area contributed by atoms with Gasteiger partial charge in [-0.1, -0.05) is 15.9 Å². The standard InChI is InChI=1S/C14H18BrNO3/c1-4-18-13(14(17)19-5-2)8-10-9(3)11(15)6-7-12(10)16/h6-8H,4-5,16H2,1-3H3. The van der Waals surface area contributed by atoms with Gasteiger partial charge in [0.25, 0.3) is 0 Å². The van der Waals surface area contributed by atoms with Gasteiger partial charge in [0, 0.05) is 15.7 Å². The van der Waals surface area contributed by atoms with Crippen LogP contribution >= 0.6 is 15.9 Å². The lowest BCUT2D eigenvalue weighted by Crippen LogP contribution is -2.11. The molecule has 19 heavy (non-hydrogen) atoms. The number of ether oxygens (including phenoxy) is 2. The summed E-state index contributed by atoms with van der Waals surface area (Å²) in [4.78, 5) is 11.8. The number of rotatable bonds is 5. The summed E-state index contributed by atoms with van der Waals surface area (Å²) in [6.45, 7) is 6.17. The van der Waals surface area contributed by atoms with Gasteiger partial charge >= 0.3 is 5.97 Å². The van der Waals surface area contributed by atoms with E-state index in [1.165, 1.54) is 0 Å². The molecule has 0 heterocycles. The number of carbonyl (C=O) groups excluding carboxylic acids is 1. The lowest BCUT2D eigenvalue weighted by Gasteiger charge is -2.11. The van der Waals surface area contributed by atoms with Crippen molar-refractivity contribution in [1.82, 2.24) is 0 Å². The molecule has 0 aliphatic rings. The maximum Gasteiger partial charge on any atom is 0.373 e. The van der Waals surface area contributed by atoms with Gasteiger partial charge in [-0.15, -0.1) is 0 Å². The average molecular weight is 328 g/mol. The van der Waals surface area contributed by atoms with E-state index >= 15 is 0 Å². The summed E-state index contributed by atoms with van der Waals surface area (Å²) in [6.07, 6.45) is 1.62. The summed E-state index contributed by atoms with van der Waals surface area (Å²) in [5, 5.41) is 0. The quantitative estimate of drug-likeness (QED) is 0.390. The number of anilines is 1. The van der Waals surface area contributed by atoms with E-state index in [4.69, 9.17) is 15.2 Å². The van der Waals surface area contributed by atoms with Gasteiger partial charge in [-0.25, -0.2) is 4.79 Å². The predicted molar refractivity (Wildman–Crippen MR) is 79.5 cm³/mol. The van der Waals surface area contributed by atoms with Crippen LogP contribution in [0, 0.1) is 6.92 Å². The van der Waals surface area contributed by atoms with E-state index in [1.54, 1.807) is 19.1 Å². The Balaban J connectivity index is 3.22. The highest BCUT2D eigenvalue weighted by Gasteiger charge is 2.14. The van der Waals surface area contributed by atoms with Gasteiger partial charge in [-0.2, -0.15) is 0 Å². The number of nitrogens with two attached hydrogens (primary N) is 1. The van der Waals surface area contributed by atoms with Gasteiger partial charge in [0.2, 0.25) is 5.76 Å².